The quantitative estimate of drug-likeness (QED) is 0.413. The topological polar surface area (TPSA) is 122 Å². The van der Waals surface area contributed by atoms with Gasteiger partial charge in [-0.25, -0.2) is 14.4 Å². The van der Waals surface area contributed by atoms with Crippen LogP contribution in [0.2, 0.25) is 0 Å². The van der Waals surface area contributed by atoms with E-state index in [2.05, 4.69) is 14.8 Å². The fourth-order valence-corrected chi connectivity index (χ4v) is 1.35. The predicted molar refractivity (Wildman–Crippen MR) is 70.8 cm³/mol. The maximum Gasteiger partial charge on any atom is 0.354 e. The summed E-state index contributed by atoms with van der Waals surface area (Å²) in [6.07, 6.45) is 0.844. The Balaban J connectivity index is 3.10. The van der Waals surface area contributed by atoms with E-state index in [1.165, 1.54) is 12.1 Å². The van der Waals surface area contributed by atoms with Crippen LogP contribution in [0.3, 0.4) is 0 Å². The number of aromatic hydroxyl groups is 1. The van der Waals surface area contributed by atoms with E-state index < -0.39 is 23.7 Å². The molecule has 21 heavy (non-hydrogen) atoms. The van der Waals surface area contributed by atoms with Crippen LogP contribution in [0.1, 0.15) is 10.4 Å². The molecular weight excluding hydrogens is 282 g/mol. The molecule has 0 aliphatic heterocycles. The lowest BCUT2D eigenvalue weighted by Crippen LogP contribution is -2.15. The molecule has 0 atom stereocenters. The first-order chi connectivity index (χ1) is 9.88. The Morgan fingerprint density at radius 2 is 1.86 bits per heavy atom. The van der Waals surface area contributed by atoms with E-state index in [0.717, 1.165) is 26.4 Å². The first-order valence-electron chi connectivity index (χ1n) is 5.60. The number of anilines is 1. The molecule has 0 amide bonds. The summed E-state index contributed by atoms with van der Waals surface area (Å²) in [4.78, 5) is 33.4. The lowest BCUT2D eigenvalue weighted by Gasteiger charge is -2.10. The molecule has 0 fully saturated rings. The van der Waals surface area contributed by atoms with Gasteiger partial charge in [-0.1, -0.05) is 0 Å². The summed E-state index contributed by atoms with van der Waals surface area (Å²) in [5, 5.41) is 21.0. The predicted octanol–water partition coefficient (Wildman–Crippen LogP) is 0.732. The Hall–Kier alpha value is -3.03. The molecule has 8 nitrogen and oxygen atoms in total. The largest absolute Gasteiger partial charge is 0.506 e. The second kappa shape index (κ2) is 6.94. The molecule has 0 unspecified atom stereocenters. The van der Waals surface area contributed by atoms with Crippen molar-refractivity contribution < 1.29 is 34.1 Å². The maximum atomic E-state index is 11.5. The van der Waals surface area contributed by atoms with Gasteiger partial charge in [0.2, 0.25) is 0 Å². The molecule has 0 bridgehead atoms. The summed E-state index contributed by atoms with van der Waals surface area (Å²) in [6.45, 7) is 0. The number of esters is 2. The molecule has 0 saturated carbocycles. The standard InChI is InChI=1S/C13H13NO7/c1-20-11(16)6-9(13(19)21-2)14-8-4-3-7(12(17)18)5-10(8)15/h3-6,14-15H,1-2H3,(H,17,18)/b9-6+. The van der Waals surface area contributed by atoms with Gasteiger partial charge in [0.05, 0.1) is 31.5 Å². The van der Waals surface area contributed by atoms with Crippen LogP contribution in [0, 0.1) is 0 Å². The number of carboxylic acid groups (broad SMARTS) is 1. The molecule has 8 heteroatoms. The maximum absolute atomic E-state index is 11.5. The molecule has 3 N–H and O–H groups in total. The third kappa shape index (κ3) is 4.23. The van der Waals surface area contributed by atoms with E-state index in [9.17, 15) is 19.5 Å². The molecule has 0 aliphatic carbocycles. The summed E-state index contributed by atoms with van der Waals surface area (Å²) < 4.78 is 8.87. The van der Waals surface area contributed by atoms with Crippen LogP contribution in [0.5, 0.6) is 5.75 Å². The van der Waals surface area contributed by atoms with Crippen molar-refractivity contribution in [3.63, 3.8) is 0 Å². The smallest absolute Gasteiger partial charge is 0.354 e. The first-order valence-corrected chi connectivity index (χ1v) is 5.60. The van der Waals surface area contributed by atoms with Gasteiger partial charge in [-0.15, -0.1) is 0 Å². The van der Waals surface area contributed by atoms with Crippen molar-refractivity contribution in [1.29, 1.82) is 0 Å². The molecule has 0 spiro atoms. The average molecular weight is 295 g/mol. The number of hydrogen-bond acceptors (Lipinski definition) is 7. The minimum atomic E-state index is -1.21. The zero-order valence-corrected chi connectivity index (χ0v) is 11.2. The van der Waals surface area contributed by atoms with Gasteiger partial charge < -0.3 is 25.0 Å². The molecular formula is C13H13NO7. The summed E-state index contributed by atoms with van der Waals surface area (Å²) in [7, 11) is 2.25. The van der Waals surface area contributed by atoms with Crippen molar-refractivity contribution in [3.8, 4) is 5.75 Å². The van der Waals surface area contributed by atoms with Crippen LogP contribution in [0.25, 0.3) is 0 Å². The van der Waals surface area contributed by atoms with Crippen LogP contribution in [-0.2, 0) is 19.1 Å². The summed E-state index contributed by atoms with van der Waals surface area (Å²) in [5.41, 5.74) is -0.377. The van der Waals surface area contributed by atoms with Gasteiger partial charge in [-0.2, -0.15) is 0 Å². The van der Waals surface area contributed by atoms with Crippen LogP contribution in [0.4, 0.5) is 5.69 Å². The fraction of sp³-hybridized carbons (Fsp3) is 0.154. The number of methoxy groups -OCH3 is 2. The van der Waals surface area contributed by atoms with Crippen LogP contribution in [-0.4, -0.2) is 42.3 Å². The molecule has 0 aliphatic rings. The van der Waals surface area contributed by atoms with Gasteiger partial charge in [-0.3, -0.25) is 0 Å². The Kier molecular flexibility index (Phi) is 5.30. The number of ether oxygens (including phenoxy) is 2. The minimum absolute atomic E-state index is 0.0283. The summed E-state index contributed by atoms with van der Waals surface area (Å²) in [6, 6.07) is 3.46. The zero-order chi connectivity index (χ0) is 16.0. The number of rotatable bonds is 5. The van der Waals surface area contributed by atoms with Crippen molar-refractivity contribution in [2.45, 2.75) is 0 Å². The number of phenolic OH excluding ortho intramolecular Hbond substituents is 1. The van der Waals surface area contributed by atoms with E-state index in [1.54, 1.807) is 0 Å². The van der Waals surface area contributed by atoms with Crippen LogP contribution >= 0.6 is 0 Å². The molecule has 0 aromatic heterocycles. The van der Waals surface area contributed by atoms with Crippen LogP contribution in [0.15, 0.2) is 30.0 Å². The van der Waals surface area contributed by atoms with E-state index in [4.69, 9.17) is 5.11 Å². The van der Waals surface area contributed by atoms with E-state index in [-0.39, 0.29) is 16.9 Å². The molecule has 0 radical (unpaired) electrons. The number of phenols is 1. The number of hydrogen-bond donors (Lipinski definition) is 3. The molecule has 1 aromatic carbocycles. The number of carbonyl (C=O) groups is 3. The number of nitrogens with one attached hydrogen (secondary N) is 1. The van der Waals surface area contributed by atoms with Gasteiger partial charge in [0, 0.05) is 0 Å². The third-order valence-electron chi connectivity index (χ3n) is 2.38. The Labute approximate surface area is 119 Å². The number of aromatic carboxylic acids is 1. The molecule has 0 saturated heterocycles. The number of carboxylic acids is 1. The van der Waals surface area contributed by atoms with Gasteiger partial charge in [0.15, 0.2) is 0 Å². The minimum Gasteiger partial charge on any atom is -0.506 e. The SMILES string of the molecule is COC(=O)/C=C(/Nc1ccc(C(=O)O)cc1O)C(=O)OC. The monoisotopic (exact) mass is 295 g/mol. The van der Waals surface area contributed by atoms with Crippen molar-refractivity contribution in [2.24, 2.45) is 0 Å². The Morgan fingerprint density at radius 3 is 2.33 bits per heavy atom. The second-order valence-electron chi connectivity index (χ2n) is 3.73. The average Bonchev–Trinajstić information content (AvgIpc) is 2.46. The summed E-state index contributed by atoms with van der Waals surface area (Å²) in [5.74, 6) is -3.28. The Bertz CT molecular complexity index is 607. The van der Waals surface area contributed by atoms with Crippen molar-refractivity contribution in [3.05, 3.63) is 35.5 Å². The highest BCUT2D eigenvalue weighted by Gasteiger charge is 2.15. The van der Waals surface area contributed by atoms with E-state index >= 15 is 0 Å². The highest BCUT2D eigenvalue weighted by molar-refractivity contribution is 5.99. The van der Waals surface area contributed by atoms with Crippen LogP contribution < -0.4 is 5.32 Å². The lowest BCUT2D eigenvalue weighted by molar-refractivity contribution is -0.138. The normalized spacial score (nSPS) is 10.7. The number of benzene rings is 1. The zero-order valence-electron chi connectivity index (χ0n) is 11.2. The van der Waals surface area contributed by atoms with E-state index in [0.29, 0.717) is 0 Å². The number of carbonyl (C=O) groups excluding carboxylic acids is 2. The first kappa shape index (κ1) is 16.0. The Morgan fingerprint density at radius 1 is 1.19 bits per heavy atom. The molecule has 1 aromatic rings. The van der Waals surface area contributed by atoms with Crippen molar-refractivity contribution in [1.82, 2.24) is 0 Å². The van der Waals surface area contributed by atoms with Crippen molar-refractivity contribution >= 4 is 23.6 Å². The molecule has 112 valence electrons. The highest BCUT2D eigenvalue weighted by Crippen LogP contribution is 2.25. The van der Waals surface area contributed by atoms with Gasteiger partial charge in [0.25, 0.3) is 0 Å². The van der Waals surface area contributed by atoms with Gasteiger partial charge >= 0.3 is 17.9 Å². The highest BCUT2D eigenvalue weighted by atomic mass is 16.5. The van der Waals surface area contributed by atoms with Crippen molar-refractivity contribution in [2.75, 3.05) is 19.5 Å². The molecule has 0 heterocycles. The summed E-state index contributed by atoms with van der Waals surface area (Å²) >= 11 is 0. The van der Waals surface area contributed by atoms with E-state index in [1.807, 2.05) is 0 Å². The lowest BCUT2D eigenvalue weighted by atomic mass is 10.2. The second-order valence-corrected chi connectivity index (χ2v) is 3.73. The molecule has 1 rings (SSSR count). The fourth-order valence-electron chi connectivity index (χ4n) is 1.35. The van der Waals surface area contributed by atoms with Gasteiger partial charge in [-0.05, 0) is 18.2 Å². The van der Waals surface area contributed by atoms with Gasteiger partial charge in [0.1, 0.15) is 11.4 Å². The third-order valence-corrected chi connectivity index (χ3v) is 2.38.